The van der Waals surface area contributed by atoms with Crippen molar-refractivity contribution in [2.24, 2.45) is 0 Å². The molecule has 0 N–H and O–H groups in total. The van der Waals surface area contributed by atoms with Crippen LogP contribution < -0.4 is 14.4 Å². The molecule has 0 aliphatic heterocycles. The molecule has 0 amide bonds. The number of esters is 1. The Kier molecular flexibility index (Phi) is 9.64. The van der Waals surface area contributed by atoms with Crippen LogP contribution in [-0.2, 0) is 22.6 Å². The molecule has 0 spiro atoms. The lowest BCUT2D eigenvalue weighted by Gasteiger charge is -2.27. The summed E-state index contributed by atoms with van der Waals surface area (Å²) in [6, 6.07) is 18.7. The molecule has 218 valence electrons. The Morgan fingerprint density at radius 1 is 0.905 bits per heavy atom. The number of carbonyl (C=O) groups is 1. The fourth-order valence-electron chi connectivity index (χ4n) is 4.25. The smallest absolute Gasteiger partial charge is 0.344 e. The molecule has 0 fully saturated rings. The molecular weight excluding hydrogens is 553 g/mol. The van der Waals surface area contributed by atoms with Gasteiger partial charge in [0.2, 0.25) is 0 Å². The second kappa shape index (κ2) is 13.5. The fraction of sp³-hybridized carbons (Fsp3) is 0.194. The fourth-order valence-corrected chi connectivity index (χ4v) is 4.25. The van der Waals surface area contributed by atoms with Crippen LogP contribution in [0.4, 0.5) is 24.5 Å². The van der Waals surface area contributed by atoms with E-state index in [9.17, 15) is 28.1 Å². The Hall–Kier alpha value is -5.06. The summed E-state index contributed by atoms with van der Waals surface area (Å²) in [6.07, 6.45) is 0. The summed E-state index contributed by atoms with van der Waals surface area (Å²) >= 11 is 0. The number of benzene rings is 4. The standard InChI is InChI=1S/C31H27F3N2O6/c1-3-40-31(37)19-41-30-16-25(13-14-26(30)33)42-24-11-7-21(8-12-24)17-35(18-22-9-10-23(32)15-27(22)34)28-5-4-6-29(20(28)2)36(38)39/h4-16H,3,17-19H2,1-2H3. The molecule has 0 radical (unpaired) electrons. The molecule has 0 bridgehead atoms. The SMILES string of the molecule is CCOC(=O)COc1cc(Oc2ccc(CN(Cc3ccc(F)cc3F)c3cccc([N+](=O)[O-])c3C)cc2)ccc1F. The van der Waals surface area contributed by atoms with E-state index in [0.717, 1.165) is 23.8 Å². The molecule has 4 rings (SSSR count). The Morgan fingerprint density at radius 2 is 1.64 bits per heavy atom. The Labute approximate surface area is 240 Å². The van der Waals surface area contributed by atoms with Crippen molar-refractivity contribution in [3.63, 3.8) is 0 Å². The number of hydrogen-bond donors (Lipinski definition) is 0. The number of nitrogens with zero attached hydrogens (tertiary/aromatic N) is 2. The van der Waals surface area contributed by atoms with E-state index in [1.165, 1.54) is 24.3 Å². The molecule has 0 saturated carbocycles. The third-order valence-corrected chi connectivity index (χ3v) is 6.28. The highest BCUT2D eigenvalue weighted by atomic mass is 19.1. The first-order valence-electron chi connectivity index (χ1n) is 12.9. The highest BCUT2D eigenvalue weighted by Crippen LogP contribution is 2.32. The summed E-state index contributed by atoms with van der Waals surface area (Å²) < 4.78 is 58.0. The molecule has 0 aliphatic carbocycles. The molecule has 4 aromatic rings. The molecule has 4 aromatic carbocycles. The van der Waals surface area contributed by atoms with Crippen LogP contribution in [0.2, 0.25) is 0 Å². The lowest BCUT2D eigenvalue weighted by molar-refractivity contribution is -0.385. The van der Waals surface area contributed by atoms with Gasteiger partial charge >= 0.3 is 5.97 Å². The summed E-state index contributed by atoms with van der Waals surface area (Å²) in [7, 11) is 0. The minimum Gasteiger partial charge on any atom is -0.479 e. The molecule has 11 heteroatoms. The van der Waals surface area contributed by atoms with Gasteiger partial charge in [-0.25, -0.2) is 18.0 Å². The van der Waals surface area contributed by atoms with Crippen molar-refractivity contribution in [2.75, 3.05) is 18.1 Å². The molecule has 0 unspecified atom stereocenters. The van der Waals surface area contributed by atoms with Crippen molar-refractivity contribution in [1.29, 1.82) is 0 Å². The highest BCUT2D eigenvalue weighted by Gasteiger charge is 2.20. The van der Waals surface area contributed by atoms with E-state index >= 15 is 0 Å². The lowest BCUT2D eigenvalue weighted by atomic mass is 10.1. The average molecular weight is 581 g/mol. The molecule has 0 saturated heterocycles. The highest BCUT2D eigenvalue weighted by molar-refractivity contribution is 5.71. The maximum Gasteiger partial charge on any atom is 0.344 e. The average Bonchev–Trinajstić information content (AvgIpc) is 2.95. The van der Waals surface area contributed by atoms with E-state index in [2.05, 4.69) is 0 Å². The summed E-state index contributed by atoms with van der Waals surface area (Å²) in [5.74, 6) is -2.21. The first-order valence-corrected chi connectivity index (χ1v) is 12.9. The van der Waals surface area contributed by atoms with E-state index in [1.54, 1.807) is 55.1 Å². The maximum atomic E-state index is 14.6. The maximum absolute atomic E-state index is 14.6. The topological polar surface area (TPSA) is 91.1 Å². The van der Waals surface area contributed by atoms with Crippen LogP contribution in [-0.4, -0.2) is 24.1 Å². The number of nitro benzene ring substituents is 1. The van der Waals surface area contributed by atoms with Crippen LogP contribution in [0.5, 0.6) is 17.2 Å². The molecule has 42 heavy (non-hydrogen) atoms. The molecule has 0 atom stereocenters. The first kappa shape index (κ1) is 29.9. The number of rotatable bonds is 12. The molecule has 0 aliphatic rings. The van der Waals surface area contributed by atoms with Gasteiger partial charge in [0, 0.05) is 42.5 Å². The van der Waals surface area contributed by atoms with Gasteiger partial charge in [-0.05, 0) is 55.8 Å². The van der Waals surface area contributed by atoms with Crippen molar-refractivity contribution >= 4 is 17.3 Å². The van der Waals surface area contributed by atoms with Gasteiger partial charge in [0.25, 0.3) is 5.69 Å². The largest absolute Gasteiger partial charge is 0.479 e. The van der Waals surface area contributed by atoms with Crippen LogP contribution in [0.1, 0.15) is 23.6 Å². The number of carbonyl (C=O) groups excluding carboxylic acids is 1. The monoisotopic (exact) mass is 580 g/mol. The second-order valence-corrected chi connectivity index (χ2v) is 9.20. The van der Waals surface area contributed by atoms with E-state index in [0.29, 0.717) is 17.0 Å². The third-order valence-electron chi connectivity index (χ3n) is 6.28. The second-order valence-electron chi connectivity index (χ2n) is 9.20. The van der Waals surface area contributed by atoms with Crippen LogP contribution in [0, 0.1) is 34.5 Å². The van der Waals surface area contributed by atoms with Crippen molar-refractivity contribution in [3.05, 3.63) is 123 Å². The molecule has 0 heterocycles. The Morgan fingerprint density at radius 3 is 2.33 bits per heavy atom. The van der Waals surface area contributed by atoms with Gasteiger partial charge in [-0.1, -0.05) is 24.3 Å². The van der Waals surface area contributed by atoms with Gasteiger partial charge in [0.15, 0.2) is 18.2 Å². The minimum absolute atomic E-state index is 0.0243. The van der Waals surface area contributed by atoms with Gasteiger partial charge in [0.05, 0.1) is 17.1 Å². The van der Waals surface area contributed by atoms with Crippen molar-refractivity contribution < 1.29 is 37.1 Å². The number of anilines is 1. The van der Waals surface area contributed by atoms with Crippen LogP contribution in [0.25, 0.3) is 0 Å². The number of ether oxygens (including phenoxy) is 3. The predicted molar refractivity (Wildman–Crippen MR) is 149 cm³/mol. The minimum atomic E-state index is -0.725. The van der Waals surface area contributed by atoms with E-state index in [1.807, 2.05) is 0 Å². The van der Waals surface area contributed by atoms with Gasteiger partial charge in [-0.3, -0.25) is 10.1 Å². The number of nitro groups is 1. The van der Waals surface area contributed by atoms with Crippen molar-refractivity contribution in [2.45, 2.75) is 26.9 Å². The van der Waals surface area contributed by atoms with Gasteiger partial charge in [-0.15, -0.1) is 0 Å². The van der Waals surface area contributed by atoms with Crippen LogP contribution in [0.3, 0.4) is 0 Å². The summed E-state index contributed by atoms with van der Waals surface area (Å²) in [4.78, 5) is 24.4. The van der Waals surface area contributed by atoms with Gasteiger partial charge in [-0.2, -0.15) is 0 Å². The zero-order valence-electron chi connectivity index (χ0n) is 22.8. The first-order chi connectivity index (χ1) is 20.1. The molecular formula is C31H27F3N2O6. The number of halogens is 3. The van der Waals surface area contributed by atoms with Crippen molar-refractivity contribution in [3.8, 4) is 17.2 Å². The lowest BCUT2D eigenvalue weighted by Crippen LogP contribution is -2.24. The van der Waals surface area contributed by atoms with E-state index in [4.69, 9.17) is 14.2 Å². The quantitative estimate of drug-likeness (QED) is 0.0989. The molecule has 0 aromatic heterocycles. The Balaban J connectivity index is 1.54. The van der Waals surface area contributed by atoms with Crippen molar-refractivity contribution in [1.82, 2.24) is 0 Å². The van der Waals surface area contributed by atoms with E-state index < -0.39 is 35.0 Å². The van der Waals surface area contributed by atoms with Gasteiger partial charge in [0.1, 0.15) is 23.1 Å². The molecule has 8 nitrogen and oxygen atoms in total. The van der Waals surface area contributed by atoms with Gasteiger partial charge < -0.3 is 19.1 Å². The van der Waals surface area contributed by atoms with E-state index in [-0.39, 0.29) is 42.4 Å². The predicted octanol–water partition coefficient (Wildman–Crippen LogP) is 7.26. The van der Waals surface area contributed by atoms with Crippen LogP contribution >= 0.6 is 0 Å². The number of hydrogen-bond acceptors (Lipinski definition) is 7. The Bertz CT molecular complexity index is 1580. The zero-order valence-corrected chi connectivity index (χ0v) is 22.8. The third kappa shape index (κ3) is 7.57. The summed E-state index contributed by atoms with van der Waals surface area (Å²) in [6.45, 7) is 3.25. The summed E-state index contributed by atoms with van der Waals surface area (Å²) in [5.41, 5.74) is 1.84. The normalized spacial score (nSPS) is 10.7. The summed E-state index contributed by atoms with van der Waals surface area (Å²) in [5, 5.41) is 11.5. The zero-order chi connectivity index (χ0) is 30.2. The van der Waals surface area contributed by atoms with Crippen LogP contribution in [0.15, 0.2) is 78.9 Å².